The van der Waals surface area contributed by atoms with Crippen LogP contribution >= 0.6 is 15.9 Å². The van der Waals surface area contributed by atoms with Gasteiger partial charge in [0, 0.05) is 16.6 Å². The van der Waals surface area contributed by atoms with E-state index in [0.29, 0.717) is 6.54 Å². The predicted molar refractivity (Wildman–Crippen MR) is 94.1 cm³/mol. The molecule has 0 saturated heterocycles. The van der Waals surface area contributed by atoms with E-state index in [1.807, 2.05) is 42.5 Å². The highest BCUT2D eigenvalue weighted by Crippen LogP contribution is 2.44. The summed E-state index contributed by atoms with van der Waals surface area (Å²) in [5.41, 5.74) is 1.65. The summed E-state index contributed by atoms with van der Waals surface area (Å²) in [5.74, 6) is 1.57. The Labute approximate surface area is 149 Å². The van der Waals surface area contributed by atoms with Gasteiger partial charge in [-0.25, -0.2) is 0 Å². The molecule has 2 aromatic rings. The van der Waals surface area contributed by atoms with Crippen LogP contribution in [0.2, 0.25) is 0 Å². The SMILES string of the molecule is O=C(NCc1cccc2c1OCO2)C1(c2ccc(Br)cc2)CCC1. The number of hydrogen-bond acceptors (Lipinski definition) is 3. The zero-order valence-corrected chi connectivity index (χ0v) is 14.8. The van der Waals surface area contributed by atoms with Gasteiger partial charge in [-0.1, -0.05) is 46.6 Å². The minimum atomic E-state index is -0.393. The van der Waals surface area contributed by atoms with E-state index < -0.39 is 5.41 Å². The number of carbonyl (C=O) groups excluding carboxylic acids is 1. The lowest BCUT2D eigenvalue weighted by Gasteiger charge is -2.40. The van der Waals surface area contributed by atoms with Crippen LogP contribution < -0.4 is 14.8 Å². The van der Waals surface area contributed by atoms with Gasteiger partial charge in [0.05, 0.1) is 5.41 Å². The van der Waals surface area contributed by atoms with Crippen LogP contribution in [0.5, 0.6) is 11.5 Å². The van der Waals surface area contributed by atoms with E-state index in [-0.39, 0.29) is 12.7 Å². The van der Waals surface area contributed by atoms with Crippen LogP contribution in [-0.2, 0) is 16.8 Å². The Balaban J connectivity index is 1.51. The molecule has 2 aliphatic rings. The fraction of sp³-hybridized carbons (Fsp3) is 0.316. The quantitative estimate of drug-likeness (QED) is 0.864. The molecule has 0 aromatic heterocycles. The molecule has 4 rings (SSSR count). The third-order valence-electron chi connectivity index (χ3n) is 4.96. The van der Waals surface area contributed by atoms with Crippen LogP contribution in [0.3, 0.4) is 0 Å². The van der Waals surface area contributed by atoms with Crippen molar-refractivity contribution < 1.29 is 14.3 Å². The van der Waals surface area contributed by atoms with E-state index in [9.17, 15) is 4.79 Å². The Hall–Kier alpha value is -2.01. The normalized spacial score (nSPS) is 17.2. The Morgan fingerprint density at radius 2 is 1.92 bits per heavy atom. The van der Waals surface area contributed by atoms with Gasteiger partial charge in [-0.05, 0) is 36.6 Å². The number of halogens is 1. The van der Waals surface area contributed by atoms with E-state index in [4.69, 9.17) is 9.47 Å². The largest absolute Gasteiger partial charge is 0.454 e. The smallest absolute Gasteiger partial charge is 0.231 e. The van der Waals surface area contributed by atoms with Crippen molar-refractivity contribution in [1.29, 1.82) is 0 Å². The summed E-state index contributed by atoms with van der Waals surface area (Å²) in [6, 6.07) is 13.8. The van der Waals surface area contributed by atoms with Crippen LogP contribution in [-0.4, -0.2) is 12.7 Å². The molecule has 2 aromatic carbocycles. The van der Waals surface area contributed by atoms with Crippen molar-refractivity contribution in [3.63, 3.8) is 0 Å². The van der Waals surface area contributed by atoms with E-state index >= 15 is 0 Å². The van der Waals surface area contributed by atoms with Gasteiger partial charge in [-0.3, -0.25) is 4.79 Å². The van der Waals surface area contributed by atoms with Crippen LogP contribution in [0.15, 0.2) is 46.9 Å². The van der Waals surface area contributed by atoms with E-state index in [1.165, 1.54) is 0 Å². The molecule has 1 aliphatic carbocycles. The molecule has 1 fully saturated rings. The summed E-state index contributed by atoms with van der Waals surface area (Å²) in [5, 5.41) is 3.10. The Morgan fingerprint density at radius 1 is 1.12 bits per heavy atom. The van der Waals surface area contributed by atoms with Crippen LogP contribution in [0.25, 0.3) is 0 Å². The van der Waals surface area contributed by atoms with Gasteiger partial charge in [-0.2, -0.15) is 0 Å². The Kier molecular flexibility index (Phi) is 3.96. The summed E-state index contributed by atoms with van der Waals surface area (Å²) in [6.45, 7) is 0.687. The number of para-hydroxylation sites is 1. The van der Waals surface area contributed by atoms with Crippen molar-refractivity contribution in [3.8, 4) is 11.5 Å². The first-order valence-corrected chi connectivity index (χ1v) is 8.90. The van der Waals surface area contributed by atoms with E-state index in [2.05, 4.69) is 21.2 Å². The van der Waals surface area contributed by atoms with Crippen LogP contribution in [0.1, 0.15) is 30.4 Å². The lowest BCUT2D eigenvalue weighted by Crippen LogP contribution is -2.49. The average Bonchev–Trinajstić information content (AvgIpc) is 3.03. The number of nitrogens with one attached hydrogen (secondary N) is 1. The number of fused-ring (bicyclic) bond motifs is 1. The predicted octanol–water partition coefficient (Wildman–Crippen LogP) is 3.92. The average molecular weight is 388 g/mol. The topological polar surface area (TPSA) is 47.6 Å². The third kappa shape index (κ3) is 2.57. The van der Waals surface area contributed by atoms with Crippen molar-refractivity contribution in [2.45, 2.75) is 31.2 Å². The Morgan fingerprint density at radius 3 is 2.62 bits per heavy atom. The molecule has 0 bridgehead atoms. The minimum Gasteiger partial charge on any atom is -0.454 e. The Bertz CT molecular complexity index is 769. The maximum absolute atomic E-state index is 12.9. The van der Waals surface area contributed by atoms with Gasteiger partial charge in [0.1, 0.15) is 0 Å². The minimum absolute atomic E-state index is 0.0904. The number of benzene rings is 2. The molecule has 1 saturated carbocycles. The maximum Gasteiger partial charge on any atom is 0.231 e. The highest BCUT2D eigenvalue weighted by Gasteiger charge is 2.45. The maximum atomic E-state index is 12.9. The van der Waals surface area contributed by atoms with Crippen molar-refractivity contribution in [2.75, 3.05) is 6.79 Å². The van der Waals surface area contributed by atoms with Crippen molar-refractivity contribution in [1.82, 2.24) is 5.32 Å². The molecule has 5 heteroatoms. The molecule has 1 amide bonds. The first-order valence-electron chi connectivity index (χ1n) is 8.11. The summed E-state index contributed by atoms with van der Waals surface area (Å²) < 4.78 is 11.9. The third-order valence-corrected chi connectivity index (χ3v) is 5.48. The van der Waals surface area contributed by atoms with Crippen molar-refractivity contribution in [2.24, 2.45) is 0 Å². The second-order valence-corrected chi connectivity index (χ2v) is 7.19. The summed E-state index contributed by atoms with van der Waals surface area (Å²) in [6.07, 6.45) is 2.88. The first kappa shape index (κ1) is 15.5. The second kappa shape index (κ2) is 6.13. The van der Waals surface area contributed by atoms with Crippen LogP contribution in [0, 0.1) is 0 Å². The van der Waals surface area contributed by atoms with Crippen molar-refractivity contribution in [3.05, 3.63) is 58.1 Å². The van der Waals surface area contributed by atoms with Gasteiger partial charge in [0.25, 0.3) is 0 Å². The van der Waals surface area contributed by atoms with Crippen LogP contribution in [0.4, 0.5) is 0 Å². The standard InChI is InChI=1S/C19H18BrNO3/c20-15-7-5-14(6-8-15)19(9-2-10-19)18(22)21-11-13-3-1-4-16-17(13)24-12-23-16/h1,3-8H,2,9-12H2,(H,21,22). The lowest BCUT2D eigenvalue weighted by molar-refractivity contribution is -0.130. The van der Waals surface area contributed by atoms with Gasteiger partial charge in [0.15, 0.2) is 11.5 Å². The van der Waals surface area contributed by atoms with Gasteiger partial charge in [-0.15, -0.1) is 0 Å². The molecule has 0 radical (unpaired) electrons. The number of ether oxygens (including phenoxy) is 2. The molecule has 1 N–H and O–H groups in total. The molecule has 1 aliphatic heterocycles. The monoisotopic (exact) mass is 387 g/mol. The molecule has 4 nitrogen and oxygen atoms in total. The molecular weight excluding hydrogens is 370 g/mol. The molecule has 1 heterocycles. The number of rotatable bonds is 4. The summed E-state index contributed by atoms with van der Waals surface area (Å²) in [7, 11) is 0. The zero-order chi connectivity index (χ0) is 16.6. The summed E-state index contributed by atoms with van der Waals surface area (Å²) >= 11 is 3.45. The van der Waals surface area contributed by atoms with Gasteiger partial charge >= 0.3 is 0 Å². The van der Waals surface area contributed by atoms with E-state index in [0.717, 1.165) is 46.4 Å². The highest BCUT2D eigenvalue weighted by atomic mass is 79.9. The first-order chi connectivity index (χ1) is 11.7. The molecular formula is C19H18BrNO3. The molecule has 124 valence electrons. The van der Waals surface area contributed by atoms with E-state index in [1.54, 1.807) is 0 Å². The second-order valence-electron chi connectivity index (χ2n) is 6.28. The van der Waals surface area contributed by atoms with Gasteiger partial charge in [0.2, 0.25) is 12.7 Å². The van der Waals surface area contributed by atoms with Crippen molar-refractivity contribution >= 4 is 21.8 Å². The molecule has 0 unspecified atom stereocenters. The highest BCUT2D eigenvalue weighted by molar-refractivity contribution is 9.10. The number of amides is 1. The number of hydrogen-bond donors (Lipinski definition) is 1. The summed E-state index contributed by atoms with van der Waals surface area (Å²) in [4.78, 5) is 12.9. The number of carbonyl (C=O) groups is 1. The fourth-order valence-electron chi connectivity index (χ4n) is 3.42. The fourth-order valence-corrected chi connectivity index (χ4v) is 3.68. The lowest BCUT2D eigenvalue weighted by atomic mass is 9.64. The molecule has 0 spiro atoms. The molecule has 0 atom stereocenters. The van der Waals surface area contributed by atoms with Gasteiger partial charge < -0.3 is 14.8 Å². The molecule has 24 heavy (non-hydrogen) atoms. The zero-order valence-electron chi connectivity index (χ0n) is 13.2.